The average molecular weight is 363 g/mol. The Bertz CT molecular complexity index is 1030. The van der Waals surface area contributed by atoms with Gasteiger partial charge in [0.1, 0.15) is 0 Å². The van der Waals surface area contributed by atoms with Gasteiger partial charge in [0.25, 0.3) is 5.91 Å². The zero-order valence-electron chi connectivity index (χ0n) is 14.6. The van der Waals surface area contributed by atoms with Crippen LogP contribution in [0.5, 0.6) is 0 Å². The third kappa shape index (κ3) is 2.61. The van der Waals surface area contributed by atoms with Gasteiger partial charge in [-0.25, -0.2) is 0 Å². The summed E-state index contributed by atoms with van der Waals surface area (Å²) in [4.78, 5) is 16.4. The van der Waals surface area contributed by atoms with Gasteiger partial charge >= 0.3 is 0 Å². The van der Waals surface area contributed by atoms with Gasteiger partial charge in [0.15, 0.2) is 11.0 Å². The van der Waals surface area contributed by atoms with Crippen LogP contribution in [0, 0.1) is 26.2 Å². The van der Waals surface area contributed by atoms with Gasteiger partial charge in [-0.1, -0.05) is 17.7 Å². The Morgan fingerprint density at radius 2 is 1.88 bits per heavy atom. The highest BCUT2D eigenvalue weighted by Gasteiger charge is 2.32. The molecule has 4 rings (SSSR count). The molecule has 2 aliphatic heterocycles. The van der Waals surface area contributed by atoms with Gasteiger partial charge < -0.3 is 4.57 Å². The number of thioether (sulfide) groups is 1. The van der Waals surface area contributed by atoms with E-state index in [1.54, 1.807) is 11.6 Å². The molecule has 130 valence electrons. The predicted molar refractivity (Wildman–Crippen MR) is 106 cm³/mol. The Labute approximate surface area is 155 Å². The number of aromatic nitrogens is 1. The number of hydrogen-bond acceptors (Lipinski definition) is 4. The predicted octanol–water partition coefficient (Wildman–Crippen LogP) is 3.65. The maximum Gasteiger partial charge on any atom is 0.283 e. The normalized spacial score (nSPS) is 17.9. The number of benzene rings is 1. The lowest BCUT2D eigenvalue weighted by Gasteiger charge is -2.20. The van der Waals surface area contributed by atoms with E-state index in [0.29, 0.717) is 5.17 Å². The van der Waals surface area contributed by atoms with Crippen LogP contribution in [0.25, 0.3) is 11.8 Å². The standard InChI is InChI=1S/C19H17N5OS/c1-11-4-6-15(7-5-11)23-12(2)8-14(13(23)3)9-16-17(20)24-19(22-18(16)25)26-10-21-24/h4-10,20H,1-3H3/b16-9-,20-17?. The first-order valence-corrected chi connectivity index (χ1v) is 9.02. The lowest BCUT2D eigenvalue weighted by molar-refractivity contribution is -0.114. The fourth-order valence-corrected chi connectivity index (χ4v) is 3.73. The average Bonchev–Trinajstić information content (AvgIpc) is 3.17. The molecule has 3 heterocycles. The fraction of sp³-hybridized carbons (Fsp3) is 0.158. The van der Waals surface area contributed by atoms with Gasteiger partial charge in [-0.2, -0.15) is 15.1 Å². The molecular formula is C19H17N5OS. The highest BCUT2D eigenvalue weighted by Crippen LogP contribution is 2.27. The van der Waals surface area contributed by atoms with E-state index in [2.05, 4.69) is 45.9 Å². The van der Waals surface area contributed by atoms with Crippen molar-refractivity contribution in [2.45, 2.75) is 20.8 Å². The zero-order chi connectivity index (χ0) is 18.4. The number of rotatable bonds is 2. The number of carbonyl (C=O) groups is 1. The summed E-state index contributed by atoms with van der Waals surface area (Å²) in [5, 5.41) is 14.2. The Kier molecular flexibility index (Phi) is 3.88. The molecule has 0 atom stereocenters. The first-order valence-electron chi connectivity index (χ1n) is 8.14. The lowest BCUT2D eigenvalue weighted by atomic mass is 10.1. The molecule has 0 fully saturated rings. The molecule has 26 heavy (non-hydrogen) atoms. The minimum Gasteiger partial charge on any atom is -0.318 e. The number of carbonyl (C=O) groups excluding carboxylic acids is 1. The minimum atomic E-state index is -0.403. The van der Waals surface area contributed by atoms with E-state index in [9.17, 15) is 4.79 Å². The van der Waals surface area contributed by atoms with Gasteiger partial charge in [0.2, 0.25) is 0 Å². The summed E-state index contributed by atoms with van der Waals surface area (Å²) in [5.41, 5.74) is 7.06. The number of hydrogen-bond donors (Lipinski definition) is 1. The number of nitrogens with zero attached hydrogens (tertiary/aromatic N) is 4. The van der Waals surface area contributed by atoms with Crippen LogP contribution in [0.3, 0.4) is 0 Å². The fourth-order valence-electron chi connectivity index (χ4n) is 3.12. The Morgan fingerprint density at radius 3 is 2.62 bits per heavy atom. The second kappa shape index (κ2) is 6.10. The summed E-state index contributed by atoms with van der Waals surface area (Å²) in [6.45, 7) is 6.10. The molecule has 1 N–H and O–H groups in total. The summed E-state index contributed by atoms with van der Waals surface area (Å²) in [6.07, 6.45) is 1.73. The molecule has 0 aliphatic carbocycles. The van der Waals surface area contributed by atoms with Gasteiger partial charge in [-0.05, 0) is 62.4 Å². The number of nitrogens with one attached hydrogen (secondary N) is 1. The smallest absolute Gasteiger partial charge is 0.283 e. The van der Waals surface area contributed by atoms with Crippen molar-refractivity contribution >= 4 is 40.3 Å². The molecule has 6 nitrogen and oxygen atoms in total. The Hall–Kier alpha value is -2.93. The largest absolute Gasteiger partial charge is 0.318 e. The maximum atomic E-state index is 12.4. The maximum absolute atomic E-state index is 12.4. The number of fused-ring (bicyclic) bond motifs is 1. The molecule has 1 aromatic carbocycles. The molecule has 2 aromatic rings. The monoisotopic (exact) mass is 363 g/mol. The second-order valence-electron chi connectivity index (χ2n) is 6.25. The Balaban J connectivity index is 1.78. The molecule has 0 unspecified atom stereocenters. The third-order valence-electron chi connectivity index (χ3n) is 4.46. The quantitative estimate of drug-likeness (QED) is 0.828. The van der Waals surface area contributed by atoms with Gasteiger partial charge in [0.05, 0.1) is 11.1 Å². The molecule has 2 aliphatic rings. The van der Waals surface area contributed by atoms with Crippen LogP contribution in [0.4, 0.5) is 0 Å². The third-order valence-corrected chi connectivity index (χ3v) is 5.13. The van der Waals surface area contributed by atoms with Crippen molar-refractivity contribution in [2.24, 2.45) is 10.1 Å². The molecule has 1 aromatic heterocycles. The van der Waals surface area contributed by atoms with Crippen molar-refractivity contribution in [1.82, 2.24) is 9.58 Å². The van der Waals surface area contributed by atoms with Crippen LogP contribution in [0.15, 0.2) is 46.0 Å². The molecule has 1 amide bonds. The first-order chi connectivity index (χ1) is 12.5. The molecule has 7 heteroatoms. The lowest BCUT2D eigenvalue weighted by Crippen LogP contribution is -2.35. The minimum absolute atomic E-state index is 0.0568. The Morgan fingerprint density at radius 1 is 1.15 bits per heavy atom. The van der Waals surface area contributed by atoms with Crippen molar-refractivity contribution in [1.29, 1.82) is 5.41 Å². The molecule has 0 spiro atoms. The molecule has 0 bridgehead atoms. The van der Waals surface area contributed by atoms with Crippen LogP contribution in [-0.2, 0) is 4.79 Å². The topological polar surface area (TPSA) is 73.8 Å². The van der Waals surface area contributed by atoms with E-state index in [0.717, 1.165) is 22.6 Å². The van der Waals surface area contributed by atoms with Crippen LogP contribution in [-0.4, -0.2) is 32.0 Å². The van der Waals surface area contributed by atoms with E-state index >= 15 is 0 Å². The molecule has 0 saturated carbocycles. The van der Waals surface area contributed by atoms with Crippen molar-refractivity contribution in [3.05, 3.63) is 58.4 Å². The van der Waals surface area contributed by atoms with E-state index < -0.39 is 5.91 Å². The van der Waals surface area contributed by atoms with Gasteiger partial charge in [-0.15, -0.1) is 0 Å². The first kappa shape index (κ1) is 16.5. The van der Waals surface area contributed by atoms with Crippen LogP contribution < -0.4 is 0 Å². The van der Waals surface area contributed by atoms with Crippen LogP contribution in [0.1, 0.15) is 22.5 Å². The SMILES string of the molecule is Cc1ccc(-n2c(C)cc(/C=C3/C(=N)N4N=CSC4=NC3=O)c2C)cc1. The van der Waals surface area contributed by atoms with E-state index in [-0.39, 0.29) is 11.4 Å². The highest BCUT2D eigenvalue weighted by atomic mass is 32.2. The summed E-state index contributed by atoms with van der Waals surface area (Å²) in [5.74, 6) is -0.347. The van der Waals surface area contributed by atoms with E-state index in [1.165, 1.54) is 22.3 Å². The number of aliphatic imine (C=N–C) groups is 1. The second-order valence-corrected chi connectivity index (χ2v) is 7.07. The van der Waals surface area contributed by atoms with Gasteiger partial charge in [-0.3, -0.25) is 10.2 Å². The van der Waals surface area contributed by atoms with E-state index in [1.807, 2.05) is 19.9 Å². The molecule has 0 radical (unpaired) electrons. The van der Waals surface area contributed by atoms with Crippen LogP contribution in [0.2, 0.25) is 0 Å². The molecule has 0 saturated heterocycles. The summed E-state index contributed by atoms with van der Waals surface area (Å²) in [6, 6.07) is 10.3. The molecular weight excluding hydrogens is 346 g/mol. The van der Waals surface area contributed by atoms with Crippen molar-refractivity contribution in [2.75, 3.05) is 0 Å². The highest BCUT2D eigenvalue weighted by molar-refractivity contribution is 8.25. The summed E-state index contributed by atoms with van der Waals surface area (Å²) in [7, 11) is 0. The number of aryl methyl sites for hydroxylation is 2. The van der Waals surface area contributed by atoms with Gasteiger partial charge in [0, 0.05) is 17.1 Å². The summed E-state index contributed by atoms with van der Waals surface area (Å²) < 4.78 is 2.14. The van der Waals surface area contributed by atoms with Crippen molar-refractivity contribution < 1.29 is 4.79 Å². The number of amides is 1. The van der Waals surface area contributed by atoms with E-state index in [4.69, 9.17) is 5.41 Å². The van der Waals surface area contributed by atoms with Crippen LogP contribution >= 0.6 is 11.8 Å². The summed E-state index contributed by atoms with van der Waals surface area (Å²) >= 11 is 1.24. The number of hydrazone groups is 1. The van der Waals surface area contributed by atoms with Crippen molar-refractivity contribution in [3.63, 3.8) is 0 Å². The zero-order valence-corrected chi connectivity index (χ0v) is 15.5. The number of amidine groups is 2. The van der Waals surface area contributed by atoms with Crippen molar-refractivity contribution in [3.8, 4) is 5.69 Å².